The topological polar surface area (TPSA) is 77.1 Å². The predicted molar refractivity (Wildman–Crippen MR) is 110 cm³/mol. The molecule has 0 spiro atoms. The molecule has 154 valence electrons. The number of nitrogens with one attached hydrogen (secondary N) is 1. The molecule has 1 N–H and O–H groups in total. The van der Waals surface area contributed by atoms with Gasteiger partial charge < -0.3 is 24.3 Å². The molecule has 0 unspecified atom stereocenters. The molecule has 8 heteroatoms. The van der Waals surface area contributed by atoms with E-state index in [0.717, 1.165) is 5.46 Å². The number of hydrogen-bond acceptors (Lipinski definition) is 5. The molecule has 0 saturated carbocycles. The third-order valence-electron chi connectivity index (χ3n) is 4.81. The van der Waals surface area contributed by atoms with Gasteiger partial charge in [-0.2, -0.15) is 0 Å². The van der Waals surface area contributed by atoms with E-state index in [4.69, 9.17) is 14.0 Å². The molecular formula is C20H31BN2O5. The zero-order chi connectivity index (χ0) is 21.3. The minimum atomic E-state index is -0.606. The maximum atomic E-state index is 12.2. The normalized spacial score (nSPS) is 17.9. The summed E-state index contributed by atoms with van der Waals surface area (Å²) in [5, 5.41) is 2.77. The minimum absolute atomic E-state index is 0.103. The van der Waals surface area contributed by atoms with Gasteiger partial charge in [0.2, 0.25) is 5.91 Å². The Morgan fingerprint density at radius 2 is 1.57 bits per heavy atom. The van der Waals surface area contributed by atoms with Gasteiger partial charge in [-0.3, -0.25) is 4.79 Å². The highest BCUT2D eigenvalue weighted by atomic mass is 16.7. The molecule has 1 aromatic carbocycles. The van der Waals surface area contributed by atoms with Crippen LogP contribution in [0.2, 0.25) is 0 Å². The van der Waals surface area contributed by atoms with Crippen LogP contribution < -0.4 is 10.8 Å². The summed E-state index contributed by atoms with van der Waals surface area (Å²) in [4.78, 5) is 25.4. The van der Waals surface area contributed by atoms with E-state index in [-0.39, 0.29) is 12.5 Å². The van der Waals surface area contributed by atoms with E-state index in [2.05, 4.69) is 5.32 Å². The SMILES string of the molecule is CN(CC(=O)Nc1ccc(B2OC(C)(C)C(C)(C)O2)cc1)C(=O)OC(C)(C)C. The van der Waals surface area contributed by atoms with Crippen molar-refractivity contribution in [1.29, 1.82) is 0 Å². The fourth-order valence-electron chi connectivity index (χ4n) is 2.52. The van der Waals surface area contributed by atoms with E-state index in [9.17, 15) is 9.59 Å². The van der Waals surface area contributed by atoms with Crippen LogP contribution in [0.3, 0.4) is 0 Å². The fraction of sp³-hybridized carbons (Fsp3) is 0.600. The number of amides is 2. The summed E-state index contributed by atoms with van der Waals surface area (Å²) in [6.07, 6.45) is -0.543. The summed E-state index contributed by atoms with van der Waals surface area (Å²) >= 11 is 0. The summed E-state index contributed by atoms with van der Waals surface area (Å²) in [6.45, 7) is 13.2. The van der Waals surface area contributed by atoms with Gasteiger partial charge in [-0.05, 0) is 66.1 Å². The van der Waals surface area contributed by atoms with Crippen LogP contribution in [0.25, 0.3) is 0 Å². The van der Waals surface area contributed by atoms with Crippen molar-refractivity contribution in [3.05, 3.63) is 24.3 Å². The van der Waals surface area contributed by atoms with Crippen molar-refractivity contribution in [2.75, 3.05) is 18.9 Å². The average molecular weight is 390 g/mol. The maximum Gasteiger partial charge on any atom is 0.494 e. The van der Waals surface area contributed by atoms with Crippen LogP contribution >= 0.6 is 0 Å². The Bertz CT molecular complexity index is 709. The minimum Gasteiger partial charge on any atom is -0.444 e. The number of carbonyl (C=O) groups excluding carboxylic acids is 2. The Balaban J connectivity index is 1.92. The number of ether oxygens (including phenoxy) is 1. The molecule has 2 rings (SSSR count). The number of rotatable bonds is 4. The van der Waals surface area contributed by atoms with Crippen LogP contribution in [-0.2, 0) is 18.8 Å². The first-order chi connectivity index (χ1) is 12.7. The molecule has 0 bridgehead atoms. The van der Waals surface area contributed by atoms with Crippen molar-refractivity contribution in [1.82, 2.24) is 4.90 Å². The lowest BCUT2D eigenvalue weighted by Gasteiger charge is -2.32. The van der Waals surface area contributed by atoms with E-state index < -0.39 is 30.0 Å². The van der Waals surface area contributed by atoms with E-state index in [1.165, 1.54) is 11.9 Å². The van der Waals surface area contributed by atoms with Crippen LogP contribution in [0.4, 0.5) is 10.5 Å². The highest BCUT2D eigenvalue weighted by Gasteiger charge is 2.51. The van der Waals surface area contributed by atoms with Crippen molar-refractivity contribution in [3.8, 4) is 0 Å². The van der Waals surface area contributed by atoms with Crippen molar-refractivity contribution in [3.63, 3.8) is 0 Å². The number of nitrogens with zero attached hydrogens (tertiary/aromatic N) is 1. The van der Waals surface area contributed by atoms with Crippen LogP contribution in [0.15, 0.2) is 24.3 Å². The van der Waals surface area contributed by atoms with Crippen molar-refractivity contribution in [2.45, 2.75) is 65.3 Å². The first kappa shape index (κ1) is 22.2. The lowest BCUT2D eigenvalue weighted by atomic mass is 9.79. The molecule has 1 heterocycles. The number of carbonyl (C=O) groups is 2. The number of hydrogen-bond donors (Lipinski definition) is 1. The van der Waals surface area contributed by atoms with Gasteiger partial charge in [0, 0.05) is 12.7 Å². The number of benzene rings is 1. The van der Waals surface area contributed by atoms with Gasteiger partial charge in [0.15, 0.2) is 0 Å². The third-order valence-corrected chi connectivity index (χ3v) is 4.81. The molecule has 1 aliphatic heterocycles. The van der Waals surface area contributed by atoms with Crippen LogP contribution in [0.1, 0.15) is 48.5 Å². The largest absolute Gasteiger partial charge is 0.494 e. The molecule has 0 aliphatic carbocycles. The molecule has 2 amide bonds. The first-order valence-electron chi connectivity index (χ1n) is 9.40. The van der Waals surface area contributed by atoms with E-state index in [1.54, 1.807) is 32.9 Å². The van der Waals surface area contributed by atoms with Crippen molar-refractivity contribution < 1.29 is 23.6 Å². The Labute approximate surface area is 167 Å². The second-order valence-electron chi connectivity index (χ2n) is 9.09. The smallest absolute Gasteiger partial charge is 0.444 e. The quantitative estimate of drug-likeness (QED) is 0.801. The monoisotopic (exact) mass is 390 g/mol. The molecule has 1 aromatic rings. The molecule has 28 heavy (non-hydrogen) atoms. The predicted octanol–water partition coefficient (Wildman–Crippen LogP) is 2.79. The molecule has 0 radical (unpaired) electrons. The van der Waals surface area contributed by atoms with Crippen LogP contribution in [0, 0.1) is 0 Å². The van der Waals surface area contributed by atoms with Crippen LogP contribution in [0.5, 0.6) is 0 Å². The van der Waals surface area contributed by atoms with Gasteiger partial charge in [-0.25, -0.2) is 4.79 Å². The van der Waals surface area contributed by atoms with Gasteiger partial charge in [0.25, 0.3) is 0 Å². The Hall–Kier alpha value is -2.06. The van der Waals surface area contributed by atoms with Crippen molar-refractivity contribution in [2.24, 2.45) is 0 Å². The summed E-state index contributed by atoms with van der Waals surface area (Å²) in [5.41, 5.74) is 0.0871. The Kier molecular flexibility index (Phi) is 6.16. The highest BCUT2D eigenvalue weighted by Crippen LogP contribution is 2.36. The number of likely N-dealkylation sites (N-methyl/N-ethyl adjacent to an activating group) is 1. The Morgan fingerprint density at radius 3 is 2.04 bits per heavy atom. The second-order valence-corrected chi connectivity index (χ2v) is 9.09. The van der Waals surface area contributed by atoms with E-state index in [1.807, 2.05) is 39.8 Å². The number of anilines is 1. The molecule has 1 saturated heterocycles. The van der Waals surface area contributed by atoms with Gasteiger partial charge in [0.05, 0.1) is 11.2 Å². The van der Waals surface area contributed by atoms with Crippen molar-refractivity contribution >= 4 is 30.3 Å². The van der Waals surface area contributed by atoms with Gasteiger partial charge in [-0.15, -0.1) is 0 Å². The van der Waals surface area contributed by atoms with E-state index >= 15 is 0 Å². The molecule has 0 atom stereocenters. The van der Waals surface area contributed by atoms with Gasteiger partial charge in [0.1, 0.15) is 12.1 Å². The molecular weight excluding hydrogens is 359 g/mol. The van der Waals surface area contributed by atoms with Crippen LogP contribution in [-0.4, -0.2) is 54.4 Å². The zero-order valence-electron chi connectivity index (χ0n) is 18.1. The average Bonchev–Trinajstić information content (AvgIpc) is 2.74. The summed E-state index contributed by atoms with van der Waals surface area (Å²) < 4.78 is 17.3. The molecule has 1 fully saturated rings. The molecule has 7 nitrogen and oxygen atoms in total. The Morgan fingerprint density at radius 1 is 1.07 bits per heavy atom. The standard InChI is InChI=1S/C20H31BN2O5/c1-18(2,3)26-17(25)23(8)13-16(24)22-15-11-9-14(10-12-15)21-27-19(4,5)20(6,7)28-21/h9-12H,13H2,1-8H3,(H,22,24). The van der Waals surface area contributed by atoms with Gasteiger partial charge in [-0.1, -0.05) is 12.1 Å². The summed E-state index contributed by atoms with van der Waals surface area (Å²) in [7, 11) is 1.07. The van der Waals surface area contributed by atoms with Gasteiger partial charge >= 0.3 is 13.2 Å². The molecule has 0 aromatic heterocycles. The second kappa shape index (κ2) is 7.76. The first-order valence-corrected chi connectivity index (χ1v) is 9.40. The third kappa shape index (κ3) is 5.48. The summed E-state index contributed by atoms with van der Waals surface area (Å²) in [6, 6.07) is 7.28. The molecule has 1 aliphatic rings. The zero-order valence-corrected chi connectivity index (χ0v) is 18.1. The highest BCUT2D eigenvalue weighted by molar-refractivity contribution is 6.62. The lowest BCUT2D eigenvalue weighted by Crippen LogP contribution is -2.41. The maximum absolute atomic E-state index is 12.2. The lowest BCUT2D eigenvalue weighted by molar-refractivity contribution is -0.117. The fourth-order valence-corrected chi connectivity index (χ4v) is 2.52. The summed E-state index contributed by atoms with van der Waals surface area (Å²) in [5.74, 6) is -0.309. The van der Waals surface area contributed by atoms with E-state index in [0.29, 0.717) is 5.69 Å².